The van der Waals surface area contributed by atoms with E-state index >= 15 is 0 Å². The van der Waals surface area contributed by atoms with E-state index in [4.69, 9.17) is 4.74 Å². The first-order chi connectivity index (χ1) is 10.3. The van der Waals surface area contributed by atoms with Crippen LogP contribution >= 0.6 is 0 Å². The monoisotopic (exact) mass is 284 g/mol. The molecule has 0 aliphatic rings. The van der Waals surface area contributed by atoms with Crippen molar-refractivity contribution in [2.24, 2.45) is 0 Å². The number of hydrogen-bond acceptors (Lipinski definition) is 1. The first-order valence-electron chi connectivity index (χ1n) is 7.78. The van der Waals surface area contributed by atoms with Gasteiger partial charge in [-0.05, 0) is 30.5 Å². The average molecular weight is 284 g/mol. The molecule has 0 amide bonds. The number of ether oxygens (including phenoxy) is 1. The van der Waals surface area contributed by atoms with Gasteiger partial charge in [0.2, 0.25) is 0 Å². The average Bonchev–Trinajstić information content (AvgIpc) is 2.54. The Balaban J connectivity index is 1.70. The largest absolute Gasteiger partial charge is 0.496 e. The van der Waals surface area contributed by atoms with Gasteiger partial charge in [-0.1, -0.05) is 48.5 Å². The molecule has 0 saturated heterocycles. The summed E-state index contributed by atoms with van der Waals surface area (Å²) in [6, 6.07) is 19.7. The molecular weight excluding hydrogens is 258 g/mol. The second-order valence-electron chi connectivity index (χ2n) is 5.59. The van der Waals surface area contributed by atoms with E-state index in [1.807, 2.05) is 12.1 Å². The molecule has 0 unspecified atom stereocenters. The lowest BCUT2D eigenvalue weighted by Crippen LogP contribution is -2.89. The van der Waals surface area contributed by atoms with Crippen LogP contribution in [0.5, 0.6) is 5.75 Å². The molecule has 0 radical (unpaired) electrons. The molecule has 21 heavy (non-hydrogen) atoms. The topological polar surface area (TPSA) is 25.8 Å². The molecule has 0 fully saturated rings. The summed E-state index contributed by atoms with van der Waals surface area (Å²) in [7, 11) is 1.74. The summed E-state index contributed by atoms with van der Waals surface area (Å²) >= 11 is 0. The number of benzene rings is 2. The number of quaternary nitrogens is 1. The first-order valence-corrected chi connectivity index (χ1v) is 7.78. The third kappa shape index (κ3) is 5.24. The Morgan fingerprint density at radius 1 is 0.952 bits per heavy atom. The van der Waals surface area contributed by atoms with Crippen LogP contribution in [-0.4, -0.2) is 19.7 Å². The lowest BCUT2D eigenvalue weighted by molar-refractivity contribution is -0.686. The van der Waals surface area contributed by atoms with Gasteiger partial charge in [0.25, 0.3) is 0 Å². The number of methoxy groups -OCH3 is 1. The Morgan fingerprint density at radius 3 is 2.43 bits per heavy atom. The standard InChI is InChI=1S/C19H25NO/c1-16(12-13-17-8-4-3-5-9-17)20-15-14-18-10-6-7-11-19(18)21-2/h3-11,16,20H,12-15H2,1-2H3/p+1/t16-/m1/s1. The molecule has 0 spiro atoms. The number of para-hydroxylation sites is 1. The van der Waals surface area contributed by atoms with Crippen molar-refractivity contribution in [2.45, 2.75) is 32.2 Å². The highest BCUT2D eigenvalue weighted by atomic mass is 16.5. The fourth-order valence-electron chi connectivity index (χ4n) is 2.59. The van der Waals surface area contributed by atoms with Crippen molar-refractivity contribution in [3.8, 4) is 5.75 Å². The molecule has 0 aromatic heterocycles. The van der Waals surface area contributed by atoms with Gasteiger partial charge in [0.05, 0.1) is 19.7 Å². The van der Waals surface area contributed by atoms with Gasteiger partial charge in [0, 0.05) is 12.8 Å². The lowest BCUT2D eigenvalue weighted by Gasteiger charge is -2.12. The van der Waals surface area contributed by atoms with Crippen molar-refractivity contribution >= 4 is 0 Å². The first kappa shape index (κ1) is 15.6. The van der Waals surface area contributed by atoms with Crippen LogP contribution in [0.15, 0.2) is 54.6 Å². The smallest absolute Gasteiger partial charge is 0.122 e. The summed E-state index contributed by atoms with van der Waals surface area (Å²) in [6.45, 7) is 3.42. The highest BCUT2D eigenvalue weighted by molar-refractivity contribution is 5.33. The zero-order valence-corrected chi connectivity index (χ0v) is 13.1. The van der Waals surface area contributed by atoms with E-state index in [2.05, 4.69) is 54.7 Å². The van der Waals surface area contributed by atoms with Gasteiger partial charge in [0.1, 0.15) is 5.75 Å². The zero-order chi connectivity index (χ0) is 14.9. The van der Waals surface area contributed by atoms with Gasteiger partial charge in [-0.2, -0.15) is 0 Å². The molecule has 0 saturated carbocycles. The van der Waals surface area contributed by atoms with Gasteiger partial charge in [-0.25, -0.2) is 0 Å². The van der Waals surface area contributed by atoms with Crippen LogP contribution in [0.3, 0.4) is 0 Å². The Kier molecular flexibility index (Phi) is 6.29. The van der Waals surface area contributed by atoms with E-state index in [-0.39, 0.29) is 0 Å². The molecule has 0 aliphatic carbocycles. The summed E-state index contributed by atoms with van der Waals surface area (Å²) in [6.07, 6.45) is 3.43. The van der Waals surface area contributed by atoms with Gasteiger partial charge in [-0.3, -0.25) is 0 Å². The highest BCUT2D eigenvalue weighted by Crippen LogP contribution is 2.16. The number of nitrogens with two attached hydrogens (primary N) is 1. The molecule has 112 valence electrons. The van der Waals surface area contributed by atoms with Crippen LogP contribution in [0, 0.1) is 0 Å². The van der Waals surface area contributed by atoms with Crippen molar-refractivity contribution < 1.29 is 10.1 Å². The Bertz CT molecular complexity index is 524. The maximum Gasteiger partial charge on any atom is 0.122 e. The maximum absolute atomic E-state index is 5.39. The van der Waals surface area contributed by atoms with Crippen molar-refractivity contribution in [1.29, 1.82) is 0 Å². The van der Waals surface area contributed by atoms with Gasteiger partial charge in [0.15, 0.2) is 0 Å². The van der Waals surface area contributed by atoms with Crippen molar-refractivity contribution in [3.63, 3.8) is 0 Å². The quantitative estimate of drug-likeness (QED) is 0.792. The van der Waals surface area contributed by atoms with E-state index < -0.39 is 0 Å². The van der Waals surface area contributed by atoms with Crippen molar-refractivity contribution in [2.75, 3.05) is 13.7 Å². The SMILES string of the molecule is COc1ccccc1CC[NH2+][C@H](C)CCc1ccccc1. The van der Waals surface area contributed by atoms with E-state index in [0.717, 1.165) is 25.1 Å². The molecule has 0 bridgehead atoms. The molecule has 0 aliphatic heterocycles. The van der Waals surface area contributed by atoms with Crippen molar-refractivity contribution in [1.82, 2.24) is 0 Å². The molecular formula is C19H26NO+. The van der Waals surface area contributed by atoms with Gasteiger partial charge < -0.3 is 10.1 Å². The number of aryl methyl sites for hydroxylation is 1. The van der Waals surface area contributed by atoms with E-state index in [1.54, 1.807) is 7.11 Å². The Labute approximate surface area is 128 Å². The third-order valence-electron chi connectivity index (χ3n) is 3.91. The number of rotatable bonds is 8. The zero-order valence-electron chi connectivity index (χ0n) is 13.1. The van der Waals surface area contributed by atoms with Crippen LogP contribution in [0.1, 0.15) is 24.5 Å². The minimum absolute atomic E-state index is 0.653. The minimum atomic E-state index is 0.653. The summed E-state index contributed by atoms with van der Waals surface area (Å²) in [5, 5.41) is 2.44. The molecule has 2 heteroatoms. The van der Waals surface area contributed by atoms with Crippen LogP contribution in [0.25, 0.3) is 0 Å². The Hall–Kier alpha value is -1.80. The molecule has 2 rings (SSSR count). The maximum atomic E-state index is 5.39. The minimum Gasteiger partial charge on any atom is -0.496 e. The van der Waals surface area contributed by atoms with Crippen molar-refractivity contribution in [3.05, 3.63) is 65.7 Å². The normalized spacial score (nSPS) is 12.1. The molecule has 1 atom stereocenters. The van der Waals surface area contributed by atoms with Crippen LogP contribution in [-0.2, 0) is 12.8 Å². The third-order valence-corrected chi connectivity index (χ3v) is 3.91. The molecule has 2 aromatic carbocycles. The van der Waals surface area contributed by atoms with Gasteiger partial charge >= 0.3 is 0 Å². The predicted molar refractivity (Wildman–Crippen MR) is 87.7 cm³/mol. The van der Waals surface area contributed by atoms with Crippen LogP contribution in [0.2, 0.25) is 0 Å². The van der Waals surface area contributed by atoms with Crippen LogP contribution in [0.4, 0.5) is 0 Å². The second kappa shape index (κ2) is 8.48. The summed E-state index contributed by atoms with van der Waals surface area (Å²) in [5.41, 5.74) is 2.73. The molecule has 2 aromatic rings. The molecule has 0 heterocycles. The second-order valence-corrected chi connectivity index (χ2v) is 5.59. The van der Waals surface area contributed by atoms with Gasteiger partial charge in [-0.15, -0.1) is 0 Å². The highest BCUT2D eigenvalue weighted by Gasteiger charge is 2.07. The van der Waals surface area contributed by atoms with Crippen LogP contribution < -0.4 is 10.1 Å². The fourth-order valence-corrected chi connectivity index (χ4v) is 2.59. The lowest BCUT2D eigenvalue weighted by atomic mass is 10.1. The Morgan fingerprint density at radius 2 is 1.67 bits per heavy atom. The fraction of sp³-hybridized carbons (Fsp3) is 0.368. The number of hydrogen-bond donors (Lipinski definition) is 1. The summed E-state index contributed by atoms with van der Waals surface area (Å²) < 4.78 is 5.39. The molecule has 2 nitrogen and oxygen atoms in total. The molecule has 2 N–H and O–H groups in total. The summed E-state index contributed by atoms with van der Waals surface area (Å²) in [5.74, 6) is 1.00. The van der Waals surface area contributed by atoms with E-state index in [0.29, 0.717) is 6.04 Å². The summed E-state index contributed by atoms with van der Waals surface area (Å²) in [4.78, 5) is 0. The van der Waals surface area contributed by atoms with E-state index in [1.165, 1.54) is 17.5 Å². The predicted octanol–water partition coefficient (Wildman–Crippen LogP) is 2.82. The van der Waals surface area contributed by atoms with E-state index in [9.17, 15) is 0 Å².